The summed E-state index contributed by atoms with van der Waals surface area (Å²) in [6, 6.07) is 5.14. The highest BCUT2D eigenvalue weighted by molar-refractivity contribution is 9.10. The summed E-state index contributed by atoms with van der Waals surface area (Å²) < 4.78 is 14.3. The minimum atomic E-state index is -0.0862. The number of rotatable bonds is 1. The maximum absolute atomic E-state index is 13.4. The minimum Gasteiger partial charge on any atom is -0.316 e. The van der Waals surface area contributed by atoms with Gasteiger partial charge in [-0.3, -0.25) is 0 Å². The molecule has 0 saturated carbocycles. The molecule has 1 aliphatic rings. The van der Waals surface area contributed by atoms with E-state index in [1.807, 2.05) is 6.07 Å². The van der Waals surface area contributed by atoms with Crippen molar-refractivity contribution in [3.05, 3.63) is 34.1 Å². The summed E-state index contributed by atoms with van der Waals surface area (Å²) in [5, 5.41) is 3.24. The second kappa shape index (κ2) is 3.76. The summed E-state index contributed by atoms with van der Waals surface area (Å²) in [5.41, 5.74) is 0.833. The Hall–Kier alpha value is -0.410. The molecule has 1 heterocycles. The van der Waals surface area contributed by atoms with Crippen molar-refractivity contribution in [2.75, 3.05) is 13.1 Å². The minimum absolute atomic E-state index is 0.0862. The third-order valence-corrected chi connectivity index (χ3v) is 2.95. The summed E-state index contributed by atoms with van der Waals surface area (Å²) in [7, 11) is 0. The molecule has 0 amide bonds. The molecule has 1 atom stereocenters. The Bertz CT molecular complexity index is 308. The van der Waals surface area contributed by atoms with E-state index in [4.69, 9.17) is 0 Å². The molecule has 1 fully saturated rings. The van der Waals surface area contributed by atoms with Crippen LogP contribution in [0.5, 0.6) is 0 Å². The molecule has 1 N–H and O–H groups in total. The molecule has 0 radical (unpaired) electrons. The Morgan fingerprint density at radius 3 is 3.00 bits per heavy atom. The van der Waals surface area contributed by atoms with Crippen LogP contribution in [0.4, 0.5) is 4.39 Å². The van der Waals surface area contributed by atoms with Gasteiger partial charge < -0.3 is 5.32 Å². The van der Waals surface area contributed by atoms with Crippen molar-refractivity contribution in [1.82, 2.24) is 5.32 Å². The first-order chi connectivity index (χ1) is 6.27. The molecule has 0 aliphatic carbocycles. The van der Waals surface area contributed by atoms with Crippen molar-refractivity contribution >= 4 is 15.9 Å². The molecule has 1 aliphatic heterocycles. The SMILES string of the molecule is Fc1ccc(Br)cc1C1CCNC1. The van der Waals surface area contributed by atoms with Crippen LogP contribution < -0.4 is 5.32 Å². The van der Waals surface area contributed by atoms with E-state index in [1.165, 1.54) is 6.07 Å². The summed E-state index contributed by atoms with van der Waals surface area (Å²) in [6.45, 7) is 1.89. The number of hydrogen-bond acceptors (Lipinski definition) is 1. The molecule has 13 heavy (non-hydrogen) atoms. The highest BCUT2D eigenvalue weighted by Gasteiger charge is 2.19. The van der Waals surface area contributed by atoms with Crippen molar-refractivity contribution in [2.45, 2.75) is 12.3 Å². The van der Waals surface area contributed by atoms with E-state index in [-0.39, 0.29) is 5.82 Å². The zero-order valence-electron chi connectivity index (χ0n) is 7.19. The van der Waals surface area contributed by atoms with Gasteiger partial charge in [0.25, 0.3) is 0 Å². The van der Waals surface area contributed by atoms with Crippen molar-refractivity contribution < 1.29 is 4.39 Å². The summed E-state index contributed by atoms with van der Waals surface area (Å²) >= 11 is 3.36. The number of halogens is 2. The molecular formula is C10H11BrFN. The van der Waals surface area contributed by atoms with E-state index in [1.54, 1.807) is 6.07 Å². The molecule has 1 saturated heterocycles. The lowest BCUT2D eigenvalue weighted by Gasteiger charge is -2.09. The molecular weight excluding hydrogens is 233 g/mol. The summed E-state index contributed by atoms with van der Waals surface area (Å²) in [4.78, 5) is 0. The van der Waals surface area contributed by atoms with Crippen LogP contribution in [0.2, 0.25) is 0 Å². The normalized spacial score (nSPS) is 22.2. The van der Waals surface area contributed by atoms with Gasteiger partial charge in [-0.15, -0.1) is 0 Å². The first-order valence-corrected chi connectivity index (χ1v) is 5.22. The zero-order valence-corrected chi connectivity index (χ0v) is 8.77. The zero-order chi connectivity index (χ0) is 9.26. The maximum atomic E-state index is 13.4. The molecule has 0 spiro atoms. The van der Waals surface area contributed by atoms with Gasteiger partial charge >= 0.3 is 0 Å². The van der Waals surface area contributed by atoms with Gasteiger partial charge in [0.05, 0.1) is 0 Å². The van der Waals surface area contributed by atoms with Crippen LogP contribution in [-0.2, 0) is 0 Å². The summed E-state index contributed by atoms with van der Waals surface area (Å²) in [5.74, 6) is 0.259. The highest BCUT2D eigenvalue weighted by Crippen LogP contribution is 2.27. The fourth-order valence-electron chi connectivity index (χ4n) is 1.75. The highest BCUT2D eigenvalue weighted by atomic mass is 79.9. The average Bonchev–Trinajstić information content (AvgIpc) is 2.61. The van der Waals surface area contributed by atoms with Crippen LogP contribution in [0.15, 0.2) is 22.7 Å². The second-order valence-electron chi connectivity index (χ2n) is 3.36. The number of hydrogen-bond donors (Lipinski definition) is 1. The number of benzene rings is 1. The Kier molecular flexibility index (Phi) is 2.65. The van der Waals surface area contributed by atoms with Crippen molar-refractivity contribution in [3.8, 4) is 0 Å². The van der Waals surface area contributed by atoms with Crippen LogP contribution in [0.3, 0.4) is 0 Å². The van der Waals surface area contributed by atoms with Crippen LogP contribution in [0.25, 0.3) is 0 Å². The van der Waals surface area contributed by atoms with Crippen molar-refractivity contribution in [3.63, 3.8) is 0 Å². The van der Waals surface area contributed by atoms with Gasteiger partial charge in [0, 0.05) is 16.9 Å². The summed E-state index contributed by atoms with van der Waals surface area (Å²) in [6.07, 6.45) is 1.04. The van der Waals surface area contributed by atoms with Crippen molar-refractivity contribution in [2.24, 2.45) is 0 Å². The molecule has 3 heteroatoms. The first-order valence-electron chi connectivity index (χ1n) is 4.43. The first kappa shape index (κ1) is 9.16. The van der Waals surface area contributed by atoms with E-state index >= 15 is 0 Å². The predicted molar refractivity (Wildman–Crippen MR) is 54.3 cm³/mol. The lowest BCUT2D eigenvalue weighted by Crippen LogP contribution is -2.08. The molecule has 0 bridgehead atoms. The van der Waals surface area contributed by atoms with Gasteiger partial charge in [-0.2, -0.15) is 0 Å². The lowest BCUT2D eigenvalue weighted by atomic mass is 9.98. The van der Waals surface area contributed by atoms with Gasteiger partial charge in [-0.1, -0.05) is 15.9 Å². The average molecular weight is 244 g/mol. The van der Waals surface area contributed by atoms with Crippen LogP contribution in [-0.4, -0.2) is 13.1 Å². The Morgan fingerprint density at radius 1 is 1.46 bits per heavy atom. The van der Waals surface area contributed by atoms with E-state index in [0.29, 0.717) is 5.92 Å². The van der Waals surface area contributed by atoms with Gasteiger partial charge in [0.2, 0.25) is 0 Å². The van der Waals surface area contributed by atoms with Gasteiger partial charge in [0.1, 0.15) is 5.82 Å². The fourth-order valence-corrected chi connectivity index (χ4v) is 2.13. The molecule has 1 aromatic carbocycles. The Labute approximate surface area is 85.5 Å². The van der Waals surface area contributed by atoms with Crippen LogP contribution in [0, 0.1) is 5.82 Å². The molecule has 0 aromatic heterocycles. The molecule has 2 rings (SSSR count). The van der Waals surface area contributed by atoms with E-state index < -0.39 is 0 Å². The van der Waals surface area contributed by atoms with Gasteiger partial charge in [-0.05, 0) is 36.7 Å². The molecule has 1 nitrogen and oxygen atoms in total. The standard InChI is InChI=1S/C10H11BrFN/c11-8-1-2-10(12)9(5-8)7-3-4-13-6-7/h1-2,5,7,13H,3-4,6H2. The topological polar surface area (TPSA) is 12.0 Å². The van der Waals surface area contributed by atoms with Gasteiger partial charge in [-0.25, -0.2) is 4.39 Å². The van der Waals surface area contributed by atoms with Crippen molar-refractivity contribution in [1.29, 1.82) is 0 Å². The van der Waals surface area contributed by atoms with Gasteiger partial charge in [0.15, 0.2) is 0 Å². The Morgan fingerprint density at radius 2 is 2.31 bits per heavy atom. The fraction of sp³-hybridized carbons (Fsp3) is 0.400. The maximum Gasteiger partial charge on any atom is 0.126 e. The molecule has 70 valence electrons. The van der Waals surface area contributed by atoms with Crippen LogP contribution in [0.1, 0.15) is 17.9 Å². The molecule has 1 unspecified atom stereocenters. The smallest absolute Gasteiger partial charge is 0.126 e. The van der Waals surface area contributed by atoms with E-state index in [9.17, 15) is 4.39 Å². The predicted octanol–water partition coefficient (Wildman–Crippen LogP) is 2.67. The van der Waals surface area contributed by atoms with E-state index in [2.05, 4.69) is 21.2 Å². The Balaban J connectivity index is 2.32. The lowest BCUT2D eigenvalue weighted by molar-refractivity contribution is 0.588. The third-order valence-electron chi connectivity index (χ3n) is 2.46. The third kappa shape index (κ3) is 1.92. The second-order valence-corrected chi connectivity index (χ2v) is 4.27. The molecule has 1 aromatic rings. The van der Waals surface area contributed by atoms with E-state index in [0.717, 1.165) is 29.5 Å². The van der Waals surface area contributed by atoms with Crippen LogP contribution >= 0.6 is 15.9 Å². The quantitative estimate of drug-likeness (QED) is 0.800. The largest absolute Gasteiger partial charge is 0.316 e. The monoisotopic (exact) mass is 243 g/mol. The number of nitrogens with one attached hydrogen (secondary N) is 1.